The molecule has 0 radical (unpaired) electrons. The van der Waals surface area contributed by atoms with E-state index in [0.717, 1.165) is 18.2 Å². The highest BCUT2D eigenvalue weighted by Gasteiger charge is 2.17. The van der Waals surface area contributed by atoms with Gasteiger partial charge >= 0.3 is 0 Å². The molecule has 0 aliphatic rings. The van der Waals surface area contributed by atoms with Crippen LogP contribution in [0.1, 0.15) is 16.8 Å². The molecular formula is C10H10F2N2O2. The molecule has 1 rings (SSSR count). The van der Waals surface area contributed by atoms with Crippen LogP contribution >= 0.6 is 0 Å². The zero-order chi connectivity index (χ0) is 12.3. The molecule has 4 nitrogen and oxygen atoms in total. The van der Waals surface area contributed by atoms with Crippen LogP contribution in [0.4, 0.5) is 8.78 Å². The first-order chi connectivity index (χ1) is 7.41. The first kappa shape index (κ1) is 12.3. The molecule has 0 saturated heterocycles. The number of hydrogen-bond donors (Lipinski definition) is 2. The molecule has 0 aliphatic carbocycles. The zero-order valence-corrected chi connectivity index (χ0v) is 8.24. The van der Waals surface area contributed by atoms with E-state index < -0.39 is 29.4 Å². The molecule has 16 heavy (non-hydrogen) atoms. The van der Waals surface area contributed by atoms with Crippen molar-refractivity contribution in [3.05, 3.63) is 35.4 Å². The number of benzene rings is 1. The smallest absolute Gasteiger partial charge is 0.234 e. The van der Waals surface area contributed by atoms with Crippen LogP contribution in [0.3, 0.4) is 0 Å². The lowest BCUT2D eigenvalue weighted by Crippen LogP contribution is -2.38. The van der Waals surface area contributed by atoms with Gasteiger partial charge in [-0.1, -0.05) is 0 Å². The van der Waals surface area contributed by atoms with E-state index in [0.29, 0.717) is 0 Å². The third-order valence-electron chi connectivity index (χ3n) is 2.01. The van der Waals surface area contributed by atoms with Crippen molar-refractivity contribution in [1.29, 1.82) is 0 Å². The van der Waals surface area contributed by atoms with Gasteiger partial charge in [-0.3, -0.25) is 9.59 Å². The molecule has 0 spiro atoms. The number of amides is 1. The third kappa shape index (κ3) is 2.83. The number of Topliss-reactive ketones (excluding diaryl/α,β-unsaturated/α-hetero) is 1. The molecule has 1 atom stereocenters. The van der Waals surface area contributed by atoms with E-state index in [9.17, 15) is 18.4 Å². The molecule has 4 N–H and O–H groups in total. The molecule has 86 valence electrons. The molecular weight excluding hydrogens is 218 g/mol. The molecule has 0 aromatic heterocycles. The maximum Gasteiger partial charge on any atom is 0.234 e. The minimum absolute atomic E-state index is 0.0457. The molecule has 1 aromatic carbocycles. The van der Waals surface area contributed by atoms with Gasteiger partial charge in [0.25, 0.3) is 0 Å². The van der Waals surface area contributed by atoms with Crippen molar-refractivity contribution in [2.45, 2.75) is 12.5 Å². The minimum Gasteiger partial charge on any atom is -0.368 e. The van der Waals surface area contributed by atoms with Crippen LogP contribution in [-0.2, 0) is 4.79 Å². The first-order valence-corrected chi connectivity index (χ1v) is 4.45. The molecule has 0 aliphatic heterocycles. The van der Waals surface area contributed by atoms with Gasteiger partial charge in [-0.15, -0.1) is 0 Å². The van der Waals surface area contributed by atoms with Crippen LogP contribution in [-0.4, -0.2) is 17.7 Å². The van der Waals surface area contributed by atoms with Crippen molar-refractivity contribution < 1.29 is 18.4 Å². The molecule has 0 fully saturated rings. The lowest BCUT2D eigenvalue weighted by atomic mass is 10.0. The van der Waals surface area contributed by atoms with Crippen LogP contribution in [0, 0.1) is 11.6 Å². The predicted octanol–water partition coefficient (Wildman–Crippen LogP) is 0.350. The van der Waals surface area contributed by atoms with Crippen LogP contribution in [0.25, 0.3) is 0 Å². The Kier molecular flexibility index (Phi) is 3.68. The van der Waals surface area contributed by atoms with E-state index in [2.05, 4.69) is 0 Å². The average Bonchev–Trinajstić information content (AvgIpc) is 2.21. The standard InChI is InChI=1S/C10H10F2N2O2/c11-6-2-1-5(3-7(6)12)9(15)4-8(13)10(14)16/h1-3,8H,4,13H2,(H2,14,16). The highest BCUT2D eigenvalue weighted by atomic mass is 19.2. The van der Waals surface area contributed by atoms with Gasteiger partial charge in [0.05, 0.1) is 6.04 Å². The van der Waals surface area contributed by atoms with Gasteiger partial charge in [0.15, 0.2) is 17.4 Å². The molecule has 0 bridgehead atoms. The fourth-order valence-electron chi connectivity index (χ4n) is 1.09. The summed E-state index contributed by atoms with van der Waals surface area (Å²) in [6.45, 7) is 0. The van der Waals surface area contributed by atoms with Gasteiger partial charge in [-0.25, -0.2) is 8.78 Å². The highest BCUT2D eigenvalue weighted by Crippen LogP contribution is 2.11. The van der Waals surface area contributed by atoms with Gasteiger partial charge in [0.2, 0.25) is 5.91 Å². The van der Waals surface area contributed by atoms with E-state index in [1.165, 1.54) is 0 Å². The second-order valence-electron chi connectivity index (χ2n) is 3.27. The summed E-state index contributed by atoms with van der Waals surface area (Å²) < 4.78 is 25.4. The summed E-state index contributed by atoms with van der Waals surface area (Å²) in [5.41, 5.74) is 10.1. The fourth-order valence-corrected chi connectivity index (χ4v) is 1.09. The zero-order valence-electron chi connectivity index (χ0n) is 8.24. The molecule has 0 saturated carbocycles. The summed E-state index contributed by atoms with van der Waals surface area (Å²) in [6, 6.07) is 1.58. The van der Waals surface area contributed by atoms with Crippen molar-refractivity contribution in [3.8, 4) is 0 Å². The molecule has 0 heterocycles. The maximum atomic E-state index is 12.8. The Morgan fingerprint density at radius 1 is 1.25 bits per heavy atom. The minimum atomic E-state index is -1.13. The lowest BCUT2D eigenvalue weighted by molar-refractivity contribution is -0.119. The summed E-state index contributed by atoms with van der Waals surface area (Å²) in [5.74, 6) is -3.56. The summed E-state index contributed by atoms with van der Waals surface area (Å²) >= 11 is 0. The van der Waals surface area contributed by atoms with Gasteiger partial charge < -0.3 is 11.5 Å². The van der Waals surface area contributed by atoms with Crippen LogP contribution in [0.2, 0.25) is 0 Å². The molecule has 1 unspecified atom stereocenters. The monoisotopic (exact) mass is 228 g/mol. The van der Waals surface area contributed by atoms with Gasteiger partial charge in [0, 0.05) is 12.0 Å². The maximum absolute atomic E-state index is 12.8. The Morgan fingerprint density at radius 3 is 2.38 bits per heavy atom. The average molecular weight is 228 g/mol. The van der Waals surface area contributed by atoms with Crippen molar-refractivity contribution in [3.63, 3.8) is 0 Å². The topological polar surface area (TPSA) is 86.2 Å². The van der Waals surface area contributed by atoms with E-state index >= 15 is 0 Å². The summed E-state index contributed by atoms with van der Waals surface area (Å²) in [6.07, 6.45) is -0.333. The van der Waals surface area contributed by atoms with Gasteiger partial charge in [-0.05, 0) is 18.2 Å². The Morgan fingerprint density at radius 2 is 1.88 bits per heavy atom. The third-order valence-corrected chi connectivity index (χ3v) is 2.01. The Hall–Kier alpha value is -1.82. The Balaban J connectivity index is 2.81. The predicted molar refractivity (Wildman–Crippen MR) is 52.5 cm³/mol. The van der Waals surface area contributed by atoms with Crippen molar-refractivity contribution in [2.75, 3.05) is 0 Å². The largest absolute Gasteiger partial charge is 0.368 e. The number of halogens is 2. The van der Waals surface area contributed by atoms with Crippen LogP contribution in [0.5, 0.6) is 0 Å². The van der Waals surface area contributed by atoms with Crippen molar-refractivity contribution >= 4 is 11.7 Å². The number of nitrogens with two attached hydrogens (primary N) is 2. The normalized spacial score (nSPS) is 12.2. The number of rotatable bonds is 4. The summed E-state index contributed by atoms with van der Waals surface area (Å²) in [7, 11) is 0. The van der Waals surface area contributed by atoms with Crippen LogP contribution in [0.15, 0.2) is 18.2 Å². The van der Waals surface area contributed by atoms with E-state index in [1.54, 1.807) is 0 Å². The summed E-state index contributed by atoms with van der Waals surface area (Å²) in [4.78, 5) is 22.0. The number of carbonyl (C=O) groups is 2. The molecule has 6 heteroatoms. The van der Waals surface area contributed by atoms with E-state index in [4.69, 9.17) is 11.5 Å². The highest BCUT2D eigenvalue weighted by molar-refractivity contribution is 5.99. The van der Waals surface area contributed by atoms with E-state index in [1.807, 2.05) is 0 Å². The first-order valence-electron chi connectivity index (χ1n) is 4.45. The molecule has 1 amide bonds. The van der Waals surface area contributed by atoms with Gasteiger partial charge in [0.1, 0.15) is 0 Å². The lowest BCUT2D eigenvalue weighted by Gasteiger charge is -2.06. The van der Waals surface area contributed by atoms with Gasteiger partial charge in [-0.2, -0.15) is 0 Å². The molecule has 1 aromatic rings. The fraction of sp³-hybridized carbons (Fsp3) is 0.200. The number of ketones is 1. The SMILES string of the molecule is NC(=O)C(N)CC(=O)c1ccc(F)c(F)c1. The second-order valence-corrected chi connectivity index (χ2v) is 3.27. The quantitative estimate of drug-likeness (QED) is 0.729. The number of hydrogen-bond acceptors (Lipinski definition) is 3. The van der Waals surface area contributed by atoms with Crippen LogP contribution < -0.4 is 11.5 Å². The Bertz CT molecular complexity index is 435. The Labute approximate surface area is 90.2 Å². The van der Waals surface area contributed by atoms with Crippen molar-refractivity contribution in [2.24, 2.45) is 11.5 Å². The van der Waals surface area contributed by atoms with E-state index in [-0.39, 0.29) is 12.0 Å². The number of carbonyl (C=O) groups excluding carboxylic acids is 2. The summed E-state index contributed by atoms with van der Waals surface area (Å²) in [5, 5.41) is 0. The number of primary amides is 1. The van der Waals surface area contributed by atoms with Crippen molar-refractivity contribution in [1.82, 2.24) is 0 Å². The second kappa shape index (κ2) is 4.80.